The van der Waals surface area contributed by atoms with Crippen LogP contribution in [0, 0.1) is 0 Å². The van der Waals surface area contributed by atoms with Crippen molar-refractivity contribution in [2.24, 2.45) is 0 Å². The molecular formula is C28H21N3O. The number of fused-ring (bicyclic) bond motifs is 1. The first kappa shape index (κ1) is 19.5. The lowest BCUT2D eigenvalue weighted by atomic mass is 10.0. The Morgan fingerprint density at radius 1 is 0.750 bits per heavy atom. The van der Waals surface area contributed by atoms with Crippen molar-refractivity contribution in [1.82, 2.24) is 9.38 Å². The summed E-state index contributed by atoms with van der Waals surface area (Å²) < 4.78 is 1.93. The number of hydrogen-bond donors (Lipinski definition) is 1. The molecule has 4 heteroatoms. The van der Waals surface area contributed by atoms with E-state index in [4.69, 9.17) is 4.98 Å². The Morgan fingerprint density at radius 2 is 1.41 bits per heavy atom. The number of imidazole rings is 1. The Balaban J connectivity index is 1.38. The maximum absolute atomic E-state index is 12.4. The van der Waals surface area contributed by atoms with Crippen LogP contribution in [0.3, 0.4) is 0 Å². The van der Waals surface area contributed by atoms with Gasteiger partial charge >= 0.3 is 0 Å². The van der Waals surface area contributed by atoms with Gasteiger partial charge in [-0.3, -0.25) is 4.79 Å². The minimum absolute atomic E-state index is 0.196. The number of carbonyl (C=O) groups is 1. The van der Waals surface area contributed by atoms with Gasteiger partial charge in [-0.15, -0.1) is 0 Å². The second-order valence-electron chi connectivity index (χ2n) is 7.46. The number of carbonyl (C=O) groups excluding carboxylic acids is 1. The Hall–Kier alpha value is -4.44. The molecule has 0 unspecified atom stereocenters. The molecule has 2 aromatic heterocycles. The normalized spacial score (nSPS) is 11.1. The highest BCUT2D eigenvalue weighted by molar-refractivity contribution is 6.03. The summed E-state index contributed by atoms with van der Waals surface area (Å²) in [5, 5.41) is 2.94. The smallest absolute Gasteiger partial charge is 0.248 e. The molecule has 154 valence electrons. The summed E-state index contributed by atoms with van der Waals surface area (Å²) in [5.74, 6) is -0.196. The molecule has 0 saturated carbocycles. The first-order valence-corrected chi connectivity index (χ1v) is 10.4. The fraction of sp³-hybridized carbons (Fsp3) is 0. The second-order valence-corrected chi connectivity index (χ2v) is 7.46. The molecule has 0 atom stereocenters. The summed E-state index contributed by atoms with van der Waals surface area (Å²) in [5.41, 5.74) is 6.57. The van der Waals surface area contributed by atoms with E-state index in [0.717, 1.165) is 22.4 Å². The lowest BCUT2D eigenvalue weighted by Gasteiger charge is -2.04. The SMILES string of the molecule is O=C(/C=C/c1ccccc1)Nc1cccn2cc(-c3ccc(-c4ccccc4)cc3)nc12. The van der Waals surface area contributed by atoms with E-state index in [2.05, 4.69) is 41.7 Å². The van der Waals surface area contributed by atoms with Crippen molar-refractivity contribution in [2.45, 2.75) is 0 Å². The van der Waals surface area contributed by atoms with Gasteiger partial charge in [0.2, 0.25) is 5.91 Å². The molecule has 0 bridgehead atoms. The van der Waals surface area contributed by atoms with Gasteiger partial charge in [-0.1, -0.05) is 84.9 Å². The van der Waals surface area contributed by atoms with Gasteiger partial charge in [-0.2, -0.15) is 0 Å². The number of aromatic nitrogens is 2. The maximum atomic E-state index is 12.4. The number of nitrogens with one attached hydrogen (secondary N) is 1. The summed E-state index contributed by atoms with van der Waals surface area (Å²) in [4.78, 5) is 17.2. The molecule has 1 N–H and O–H groups in total. The van der Waals surface area contributed by atoms with Crippen molar-refractivity contribution in [2.75, 3.05) is 5.32 Å². The number of hydrogen-bond acceptors (Lipinski definition) is 2. The van der Waals surface area contributed by atoms with E-state index in [0.29, 0.717) is 11.3 Å². The van der Waals surface area contributed by atoms with Crippen LogP contribution in [0.4, 0.5) is 5.69 Å². The quantitative estimate of drug-likeness (QED) is 0.341. The summed E-state index contributed by atoms with van der Waals surface area (Å²) in [7, 11) is 0. The van der Waals surface area contributed by atoms with Gasteiger partial charge in [-0.25, -0.2) is 4.98 Å². The zero-order chi connectivity index (χ0) is 21.8. The Morgan fingerprint density at radius 3 is 2.16 bits per heavy atom. The van der Waals surface area contributed by atoms with Crippen LogP contribution in [0.25, 0.3) is 34.1 Å². The standard InChI is InChI=1S/C28H21N3O/c32-27(18-13-21-8-3-1-4-9-21)29-25-12-7-19-31-20-26(30-28(25)31)24-16-14-23(15-17-24)22-10-5-2-6-11-22/h1-20H,(H,29,32)/b18-13+. The number of pyridine rings is 1. The van der Waals surface area contributed by atoms with Crippen LogP contribution in [-0.2, 0) is 4.79 Å². The van der Waals surface area contributed by atoms with E-state index in [-0.39, 0.29) is 5.91 Å². The molecule has 0 radical (unpaired) electrons. The number of rotatable bonds is 5. The van der Waals surface area contributed by atoms with Crippen LogP contribution in [0.5, 0.6) is 0 Å². The summed E-state index contributed by atoms with van der Waals surface area (Å²) in [6.07, 6.45) is 7.23. The van der Waals surface area contributed by atoms with Crippen LogP contribution < -0.4 is 5.32 Å². The van der Waals surface area contributed by atoms with Crippen molar-refractivity contribution in [3.05, 3.63) is 121 Å². The highest BCUT2D eigenvalue weighted by Crippen LogP contribution is 2.26. The third-order valence-corrected chi connectivity index (χ3v) is 5.26. The van der Waals surface area contributed by atoms with Crippen molar-refractivity contribution >= 4 is 23.3 Å². The van der Waals surface area contributed by atoms with E-state index < -0.39 is 0 Å². The van der Waals surface area contributed by atoms with Gasteiger partial charge in [0.05, 0.1) is 11.4 Å². The predicted molar refractivity (Wildman–Crippen MR) is 130 cm³/mol. The average Bonchev–Trinajstić information content (AvgIpc) is 3.30. The van der Waals surface area contributed by atoms with E-state index in [1.54, 1.807) is 6.08 Å². The molecule has 5 rings (SSSR count). The van der Waals surface area contributed by atoms with Crippen LogP contribution >= 0.6 is 0 Å². The van der Waals surface area contributed by atoms with E-state index in [1.165, 1.54) is 11.6 Å². The molecule has 32 heavy (non-hydrogen) atoms. The highest BCUT2D eigenvalue weighted by atomic mass is 16.1. The van der Waals surface area contributed by atoms with E-state index in [9.17, 15) is 4.79 Å². The van der Waals surface area contributed by atoms with Crippen molar-refractivity contribution in [3.63, 3.8) is 0 Å². The Labute approximate surface area is 186 Å². The number of nitrogens with zero attached hydrogens (tertiary/aromatic N) is 2. The molecule has 0 saturated heterocycles. The number of amides is 1. The molecular weight excluding hydrogens is 394 g/mol. The summed E-state index contributed by atoms with van der Waals surface area (Å²) >= 11 is 0. The Bertz CT molecular complexity index is 1390. The van der Waals surface area contributed by atoms with Crippen LogP contribution in [0.1, 0.15) is 5.56 Å². The van der Waals surface area contributed by atoms with Gasteiger partial charge < -0.3 is 9.72 Å². The second kappa shape index (κ2) is 8.74. The molecule has 0 aliphatic rings. The molecule has 0 spiro atoms. The van der Waals surface area contributed by atoms with E-state index >= 15 is 0 Å². The lowest BCUT2D eigenvalue weighted by molar-refractivity contribution is -0.111. The number of benzene rings is 3. The molecule has 5 aromatic rings. The third-order valence-electron chi connectivity index (χ3n) is 5.26. The molecule has 0 aliphatic carbocycles. The molecule has 4 nitrogen and oxygen atoms in total. The molecule has 2 heterocycles. The molecule has 0 fully saturated rings. The highest BCUT2D eigenvalue weighted by Gasteiger charge is 2.10. The van der Waals surface area contributed by atoms with Gasteiger partial charge in [0.1, 0.15) is 0 Å². The summed E-state index contributed by atoms with van der Waals surface area (Å²) in [6, 6.07) is 32.1. The third kappa shape index (κ3) is 4.20. The minimum Gasteiger partial charge on any atom is -0.319 e. The van der Waals surface area contributed by atoms with Gasteiger partial charge in [-0.05, 0) is 34.9 Å². The largest absolute Gasteiger partial charge is 0.319 e. The van der Waals surface area contributed by atoms with Crippen molar-refractivity contribution in [1.29, 1.82) is 0 Å². The first-order chi connectivity index (χ1) is 15.8. The number of anilines is 1. The minimum atomic E-state index is -0.196. The predicted octanol–water partition coefficient (Wildman–Crippen LogP) is 6.32. The lowest BCUT2D eigenvalue weighted by Crippen LogP contribution is -2.08. The first-order valence-electron chi connectivity index (χ1n) is 10.4. The fourth-order valence-electron chi connectivity index (χ4n) is 3.62. The Kier molecular flexibility index (Phi) is 5.33. The topological polar surface area (TPSA) is 46.4 Å². The van der Waals surface area contributed by atoms with Gasteiger partial charge in [0.15, 0.2) is 5.65 Å². The summed E-state index contributed by atoms with van der Waals surface area (Å²) in [6.45, 7) is 0. The van der Waals surface area contributed by atoms with Crippen LogP contribution in [0.15, 0.2) is 116 Å². The van der Waals surface area contributed by atoms with Gasteiger partial charge in [0, 0.05) is 24.0 Å². The molecule has 3 aromatic carbocycles. The average molecular weight is 415 g/mol. The van der Waals surface area contributed by atoms with Gasteiger partial charge in [0.25, 0.3) is 0 Å². The van der Waals surface area contributed by atoms with Crippen molar-refractivity contribution in [3.8, 4) is 22.4 Å². The zero-order valence-corrected chi connectivity index (χ0v) is 17.3. The zero-order valence-electron chi connectivity index (χ0n) is 17.3. The molecule has 0 aliphatic heterocycles. The van der Waals surface area contributed by atoms with Crippen LogP contribution in [-0.4, -0.2) is 15.3 Å². The molecule has 1 amide bonds. The van der Waals surface area contributed by atoms with E-state index in [1.807, 2.05) is 77.5 Å². The monoisotopic (exact) mass is 415 g/mol. The van der Waals surface area contributed by atoms with Crippen LogP contribution in [0.2, 0.25) is 0 Å². The van der Waals surface area contributed by atoms with Crippen molar-refractivity contribution < 1.29 is 4.79 Å². The maximum Gasteiger partial charge on any atom is 0.248 e. The fourth-order valence-corrected chi connectivity index (χ4v) is 3.62.